The van der Waals surface area contributed by atoms with Gasteiger partial charge in [0, 0.05) is 17.1 Å². The molecule has 0 saturated heterocycles. The normalized spacial score (nSPS) is 11.5. The summed E-state index contributed by atoms with van der Waals surface area (Å²) in [4.78, 5) is 0. The van der Waals surface area contributed by atoms with Crippen LogP contribution >= 0.6 is 11.6 Å². The second-order valence-corrected chi connectivity index (χ2v) is 3.30. The largest absolute Gasteiger partial charge is 0.484 e. The van der Waals surface area contributed by atoms with Gasteiger partial charge >= 0.3 is 6.18 Å². The standard InChI is InChI=1S/C9H9ClF3NO/c10-7-2-1-6(4-14)8(3-7)15-5-9(11,12)13/h1-3H,4-5,14H2. The lowest BCUT2D eigenvalue weighted by molar-refractivity contribution is -0.153. The Balaban J connectivity index is 2.79. The van der Waals surface area contributed by atoms with E-state index in [9.17, 15) is 13.2 Å². The van der Waals surface area contributed by atoms with Crippen LogP contribution in [0.2, 0.25) is 5.02 Å². The first kappa shape index (κ1) is 12.1. The van der Waals surface area contributed by atoms with Gasteiger partial charge < -0.3 is 10.5 Å². The molecule has 0 saturated carbocycles. The summed E-state index contributed by atoms with van der Waals surface area (Å²) in [5.74, 6) is 0.0716. The number of rotatable bonds is 3. The van der Waals surface area contributed by atoms with Gasteiger partial charge in [-0.1, -0.05) is 17.7 Å². The molecule has 0 spiro atoms. The van der Waals surface area contributed by atoms with Crippen LogP contribution in [0.25, 0.3) is 0 Å². The van der Waals surface area contributed by atoms with Crippen LogP contribution in [-0.2, 0) is 6.54 Å². The first-order valence-electron chi connectivity index (χ1n) is 4.10. The Kier molecular flexibility index (Phi) is 3.82. The van der Waals surface area contributed by atoms with Crippen LogP contribution in [0, 0.1) is 0 Å². The maximum atomic E-state index is 11.9. The van der Waals surface area contributed by atoms with Crippen molar-refractivity contribution in [2.75, 3.05) is 6.61 Å². The Labute approximate surface area is 89.8 Å². The molecule has 0 bridgehead atoms. The molecule has 1 aromatic rings. The van der Waals surface area contributed by atoms with Crippen LogP contribution in [0.4, 0.5) is 13.2 Å². The highest BCUT2D eigenvalue weighted by Gasteiger charge is 2.28. The van der Waals surface area contributed by atoms with E-state index in [-0.39, 0.29) is 12.3 Å². The third-order valence-electron chi connectivity index (χ3n) is 1.64. The molecule has 6 heteroatoms. The number of ether oxygens (including phenoxy) is 1. The molecule has 2 nitrogen and oxygen atoms in total. The zero-order valence-electron chi connectivity index (χ0n) is 7.64. The lowest BCUT2D eigenvalue weighted by atomic mass is 10.2. The van der Waals surface area contributed by atoms with E-state index in [1.165, 1.54) is 12.1 Å². The van der Waals surface area contributed by atoms with Gasteiger partial charge in [-0.25, -0.2) is 0 Å². The van der Waals surface area contributed by atoms with Crippen molar-refractivity contribution in [3.63, 3.8) is 0 Å². The van der Waals surface area contributed by atoms with E-state index in [1.807, 2.05) is 0 Å². The minimum atomic E-state index is -4.37. The molecule has 1 rings (SSSR count). The van der Waals surface area contributed by atoms with Gasteiger partial charge in [0.25, 0.3) is 0 Å². The average molecular weight is 240 g/mol. The third-order valence-corrected chi connectivity index (χ3v) is 1.88. The highest BCUT2D eigenvalue weighted by molar-refractivity contribution is 6.30. The fourth-order valence-electron chi connectivity index (χ4n) is 0.991. The molecule has 15 heavy (non-hydrogen) atoms. The maximum Gasteiger partial charge on any atom is 0.422 e. The molecule has 84 valence electrons. The number of hydrogen-bond acceptors (Lipinski definition) is 2. The van der Waals surface area contributed by atoms with E-state index < -0.39 is 12.8 Å². The van der Waals surface area contributed by atoms with Crippen molar-refractivity contribution in [3.05, 3.63) is 28.8 Å². The zero-order valence-corrected chi connectivity index (χ0v) is 8.40. The molecule has 0 heterocycles. The first-order valence-corrected chi connectivity index (χ1v) is 4.48. The Hall–Kier alpha value is -0.940. The quantitative estimate of drug-likeness (QED) is 0.880. The van der Waals surface area contributed by atoms with Gasteiger partial charge in [-0.2, -0.15) is 13.2 Å². The predicted molar refractivity (Wildman–Crippen MR) is 50.9 cm³/mol. The van der Waals surface area contributed by atoms with Crippen molar-refractivity contribution in [1.82, 2.24) is 0 Å². The lowest BCUT2D eigenvalue weighted by Gasteiger charge is -2.12. The Morgan fingerprint density at radius 3 is 2.53 bits per heavy atom. The molecule has 0 aliphatic carbocycles. The van der Waals surface area contributed by atoms with Gasteiger partial charge in [-0.15, -0.1) is 0 Å². The molecule has 0 unspecified atom stereocenters. The van der Waals surface area contributed by atoms with Crippen LogP contribution in [0.3, 0.4) is 0 Å². The number of benzene rings is 1. The van der Waals surface area contributed by atoms with Crippen molar-refractivity contribution >= 4 is 11.6 Å². The summed E-state index contributed by atoms with van der Waals surface area (Å²) in [6.07, 6.45) is -4.37. The molecule has 0 aliphatic rings. The van der Waals surface area contributed by atoms with Crippen molar-refractivity contribution < 1.29 is 17.9 Å². The van der Waals surface area contributed by atoms with Gasteiger partial charge in [-0.05, 0) is 12.1 Å². The maximum absolute atomic E-state index is 11.9. The molecule has 1 aromatic carbocycles. The van der Waals surface area contributed by atoms with E-state index in [2.05, 4.69) is 4.74 Å². The number of hydrogen-bond donors (Lipinski definition) is 1. The van der Waals surface area contributed by atoms with Crippen LogP contribution in [0.15, 0.2) is 18.2 Å². The van der Waals surface area contributed by atoms with Gasteiger partial charge in [0.2, 0.25) is 0 Å². The minimum Gasteiger partial charge on any atom is -0.484 e. The van der Waals surface area contributed by atoms with Crippen LogP contribution in [0.1, 0.15) is 5.56 Å². The van der Waals surface area contributed by atoms with Crippen molar-refractivity contribution in [2.24, 2.45) is 5.73 Å². The second-order valence-electron chi connectivity index (χ2n) is 2.86. The summed E-state index contributed by atoms with van der Waals surface area (Å²) in [6.45, 7) is -1.25. The van der Waals surface area contributed by atoms with E-state index >= 15 is 0 Å². The zero-order chi connectivity index (χ0) is 11.5. The fourth-order valence-corrected chi connectivity index (χ4v) is 1.15. The van der Waals surface area contributed by atoms with E-state index in [0.29, 0.717) is 10.6 Å². The monoisotopic (exact) mass is 239 g/mol. The number of alkyl halides is 3. The molecular weight excluding hydrogens is 231 g/mol. The Morgan fingerprint density at radius 1 is 1.33 bits per heavy atom. The van der Waals surface area contributed by atoms with Gasteiger partial charge in [-0.3, -0.25) is 0 Å². The van der Waals surface area contributed by atoms with Crippen LogP contribution in [0.5, 0.6) is 5.75 Å². The van der Waals surface area contributed by atoms with Gasteiger partial charge in [0.1, 0.15) is 5.75 Å². The number of nitrogens with two attached hydrogens (primary N) is 1. The molecule has 0 aliphatic heterocycles. The van der Waals surface area contributed by atoms with Crippen molar-refractivity contribution in [1.29, 1.82) is 0 Å². The Morgan fingerprint density at radius 2 is 2.00 bits per heavy atom. The first-order chi connectivity index (χ1) is 6.92. The number of halogens is 4. The van der Waals surface area contributed by atoms with Gasteiger partial charge in [0.15, 0.2) is 6.61 Å². The van der Waals surface area contributed by atoms with E-state index in [4.69, 9.17) is 17.3 Å². The minimum absolute atomic E-state index is 0.0716. The Bertz CT molecular complexity index is 341. The second kappa shape index (κ2) is 4.72. The summed E-state index contributed by atoms with van der Waals surface area (Å²) in [6, 6.07) is 4.40. The fraction of sp³-hybridized carbons (Fsp3) is 0.333. The summed E-state index contributed by atoms with van der Waals surface area (Å²) in [5.41, 5.74) is 5.83. The molecule has 0 fully saturated rings. The molecule has 0 amide bonds. The molecule has 0 radical (unpaired) electrons. The molecular formula is C9H9ClF3NO. The third kappa shape index (κ3) is 3.97. The summed E-state index contributed by atoms with van der Waals surface area (Å²) < 4.78 is 40.2. The van der Waals surface area contributed by atoms with Crippen LogP contribution in [-0.4, -0.2) is 12.8 Å². The van der Waals surface area contributed by atoms with Gasteiger partial charge in [0.05, 0.1) is 0 Å². The van der Waals surface area contributed by atoms with Crippen molar-refractivity contribution in [2.45, 2.75) is 12.7 Å². The van der Waals surface area contributed by atoms with E-state index in [1.54, 1.807) is 6.07 Å². The van der Waals surface area contributed by atoms with Crippen molar-refractivity contribution in [3.8, 4) is 5.75 Å². The summed E-state index contributed by atoms with van der Waals surface area (Å²) >= 11 is 5.62. The smallest absolute Gasteiger partial charge is 0.422 e. The predicted octanol–water partition coefficient (Wildman–Crippen LogP) is 2.74. The topological polar surface area (TPSA) is 35.2 Å². The van der Waals surface area contributed by atoms with E-state index in [0.717, 1.165) is 0 Å². The summed E-state index contributed by atoms with van der Waals surface area (Å²) in [7, 11) is 0. The SMILES string of the molecule is NCc1ccc(Cl)cc1OCC(F)(F)F. The highest BCUT2D eigenvalue weighted by atomic mass is 35.5. The molecule has 0 aromatic heterocycles. The summed E-state index contributed by atoms with van der Waals surface area (Å²) in [5, 5.41) is 0.310. The molecule has 2 N–H and O–H groups in total. The lowest BCUT2D eigenvalue weighted by Crippen LogP contribution is -2.20. The average Bonchev–Trinajstić information content (AvgIpc) is 2.14. The highest BCUT2D eigenvalue weighted by Crippen LogP contribution is 2.25. The molecule has 0 atom stereocenters. The van der Waals surface area contributed by atoms with Crippen LogP contribution < -0.4 is 10.5 Å².